The Morgan fingerprint density at radius 3 is 2.96 bits per heavy atom. The van der Waals surface area contributed by atoms with E-state index >= 15 is 0 Å². The zero-order valence-corrected chi connectivity index (χ0v) is 14.4. The molecule has 1 aromatic heterocycles. The van der Waals surface area contributed by atoms with Gasteiger partial charge in [0.1, 0.15) is 5.82 Å². The van der Waals surface area contributed by atoms with Crippen LogP contribution in [-0.4, -0.2) is 24.0 Å². The number of carbonyl (C=O) groups excluding carboxylic acids is 1. The third kappa shape index (κ3) is 2.84. The minimum atomic E-state index is -0.219. The minimum absolute atomic E-state index is 0.0908. The molecule has 2 aliphatic rings. The number of hydrogen-bond acceptors (Lipinski definition) is 4. The van der Waals surface area contributed by atoms with Gasteiger partial charge in [0, 0.05) is 16.9 Å². The number of piperidine rings is 1. The molecule has 1 aliphatic carbocycles. The van der Waals surface area contributed by atoms with Gasteiger partial charge in [0.15, 0.2) is 5.13 Å². The molecule has 1 saturated heterocycles. The van der Waals surface area contributed by atoms with Crippen molar-refractivity contribution in [1.29, 1.82) is 0 Å². The number of nitrogens with zero attached hydrogens (tertiary/aromatic N) is 1. The lowest BCUT2D eigenvalue weighted by atomic mass is 9.92. The van der Waals surface area contributed by atoms with Gasteiger partial charge in [-0.15, -0.1) is 11.3 Å². The normalized spacial score (nSPS) is 21.7. The minimum Gasteiger partial charge on any atom is -0.317 e. The Morgan fingerprint density at radius 1 is 1.42 bits per heavy atom. The van der Waals surface area contributed by atoms with E-state index in [9.17, 15) is 9.18 Å². The standard InChI is InChI=1S/C18H20FN3OS/c1-11-8-12(2-3-14(11)19)15-10-24-17(21-15)22-16(23)13-9-18(13)4-6-20-7-5-18/h2-3,8,10,13,20H,4-7,9H2,1H3,(H,21,22,23). The molecule has 1 saturated carbocycles. The van der Waals surface area contributed by atoms with Gasteiger partial charge in [-0.2, -0.15) is 0 Å². The zero-order chi connectivity index (χ0) is 16.7. The Kier molecular flexibility index (Phi) is 3.89. The second-order valence-corrected chi connectivity index (χ2v) is 7.72. The van der Waals surface area contributed by atoms with Crippen LogP contribution in [0.15, 0.2) is 23.6 Å². The molecule has 2 aromatic rings. The van der Waals surface area contributed by atoms with Gasteiger partial charge >= 0.3 is 0 Å². The summed E-state index contributed by atoms with van der Waals surface area (Å²) in [5, 5.41) is 8.83. The van der Waals surface area contributed by atoms with Gasteiger partial charge in [0.25, 0.3) is 0 Å². The molecule has 0 radical (unpaired) electrons. The van der Waals surface area contributed by atoms with Crippen molar-refractivity contribution in [3.63, 3.8) is 0 Å². The summed E-state index contributed by atoms with van der Waals surface area (Å²) in [4.78, 5) is 17.0. The Bertz CT molecular complexity index is 782. The van der Waals surface area contributed by atoms with Crippen LogP contribution in [0.2, 0.25) is 0 Å². The van der Waals surface area contributed by atoms with Crippen molar-refractivity contribution in [2.45, 2.75) is 26.2 Å². The van der Waals surface area contributed by atoms with Crippen LogP contribution in [0.5, 0.6) is 0 Å². The Balaban J connectivity index is 1.44. The van der Waals surface area contributed by atoms with Crippen molar-refractivity contribution in [2.24, 2.45) is 11.3 Å². The lowest BCUT2D eigenvalue weighted by Crippen LogP contribution is -2.31. The van der Waals surface area contributed by atoms with Crippen molar-refractivity contribution in [1.82, 2.24) is 10.3 Å². The summed E-state index contributed by atoms with van der Waals surface area (Å²) in [7, 11) is 0. The fraction of sp³-hybridized carbons (Fsp3) is 0.444. The first-order valence-electron chi connectivity index (χ1n) is 8.31. The SMILES string of the molecule is Cc1cc(-c2csc(NC(=O)C3CC34CCNCC4)n2)ccc1F. The maximum Gasteiger partial charge on any atom is 0.229 e. The van der Waals surface area contributed by atoms with E-state index in [4.69, 9.17) is 0 Å². The van der Waals surface area contributed by atoms with Crippen molar-refractivity contribution in [3.05, 3.63) is 35.0 Å². The number of hydrogen-bond donors (Lipinski definition) is 2. The molecule has 1 spiro atoms. The van der Waals surface area contributed by atoms with Gasteiger partial charge in [0.05, 0.1) is 5.69 Å². The molecule has 4 nitrogen and oxygen atoms in total. The van der Waals surface area contributed by atoms with E-state index in [-0.39, 0.29) is 23.1 Å². The van der Waals surface area contributed by atoms with E-state index in [2.05, 4.69) is 15.6 Å². The molecule has 1 unspecified atom stereocenters. The number of rotatable bonds is 3. The number of carbonyl (C=O) groups is 1. The lowest BCUT2D eigenvalue weighted by Gasteiger charge is -2.22. The number of halogens is 1. The van der Waals surface area contributed by atoms with Crippen LogP contribution in [0.4, 0.5) is 9.52 Å². The number of amides is 1. The summed E-state index contributed by atoms with van der Waals surface area (Å²) in [6.45, 7) is 3.75. The highest BCUT2D eigenvalue weighted by molar-refractivity contribution is 7.14. The van der Waals surface area contributed by atoms with Gasteiger partial charge in [-0.1, -0.05) is 0 Å². The van der Waals surface area contributed by atoms with E-state index in [0.717, 1.165) is 43.6 Å². The molecule has 0 bridgehead atoms. The molecule has 2 N–H and O–H groups in total. The highest BCUT2D eigenvalue weighted by Crippen LogP contribution is 2.58. The third-order valence-electron chi connectivity index (χ3n) is 5.29. The second-order valence-electron chi connectivity index (χ2n) is 6.86. The van der Waals surface area contributed by atoms with Gasteiger partial charge in [-0.25, -0.2) is 9.37 Å². The monoisotopic (exact) mass is 345 g/mol. The van der Waals surface area contributed by atoms with E-state index in [1.54, 1.807) is 19.1 Å². The molecule has 2 heterocycles. The lowest BCUT2D eigenvalue weighted by molar-refractivity contribution is -0.118. The molecule has 1 amide bonds. The first kappa shape index (κ1) is 15.7. The maximum absolute atomic E-state index is 13.4. The number of anilines is 1. The number of aromatic nitrogens is 1. The van der Waals surface area contributed by atoms with Crippen LogP contribution >= 0.6 is 11.3 Å². The van der Waals surface area contributed by atoms with E-state index in [1.165, 1.54) is 17.4 Å². The predicted molar refractivity (Wildman–Crippen MR) is 93.5 cm³/mol. The maximum atomic E-state index is 13.4. The number of aryl methyl sites for hydroxylation is 1. The number of thiazole rings is 1. The molecule has 1 aromatic carbocycles. The van der Waals surface area contributed by atoms with Gasteiger partial charge in [0.2, 0.25) is 5.91 Å². The van der Waals surface area contributed by atoms with Crippen LogP contribution < -0.4 is 10.6 Å². The van der Waals surface area contributed by atoms with Crippen molar-refractivity contribution in [3.8, 4) is 11.3 Å². The predicted octanol–water partition coefficient (Wildman–Crippen LogP) is 3.59. The fourth-order valence-corrected chi connectivity index (χ4v) is 4.38. The van der Waals surface area contributed by atoms with E-state index < -0.39 is 0 Å². The molecule has 1 aliphatic heterocycles. The van der Waals surface area contributed by atoms with Crippen molar-refractivity contribution >= 4 is 22.4 Å². The summed E-state index contributed by atoms with van der Waals surface area (Å²) in [5.41, 5.74) is 2.46. The topological polar surface area (TPSA) is 54.0 Å². The Morgan fingerprint density at radius 2 is 2.21 bits per heavy atom. The molecule has 126 valence electrons. The third-order valence-corrected chi connectivity index (χ3v) is 6.05. The summed E-state index contributed by atoms with van der Waals surface area (Å²) in [6.07, 6.45) is 3.17. The average molecular weight is 345 g/mol. The first-order valence-corrected chi connectivity index (χ1v) is 9.19. The van der Waals surface area contributed by atoms with Crippen molar-refractivity contribution < 1.29 is 9.18 Å². The number of nitrogens with one attached hydrogen (secondary N) is 2. The number of benzene rings is 1. The highest BCUT2D eigenvalue weighted by Gasteiger charge is 2.57. The Labute approximate surface area is 144 Å². The quantitative estimate of drug-likeness (QED) is 0.894. The van der Waals surface area contributed by atoms with Crippen molar-refractivity contribution in [2.75, 3.05) is 18.4 Å². The van der Waals surface area contributed by atoms with Crippen LogP contribution in [0.3, 0.4) is 0 Å². The molecular weight excluding hydrogens is 325 g/mol. The molecule has 6 heteroatoms. The van der Waals surface area contributed by atoms with Gasteiger partial charge < -0.3 is 10.6 Å². The fourth-order valence-electron chi connectivity index (χ4n) is 3.66. The Hall–Kier alpha value is -1.79. The van der Waals surface area contributed by atoms with Crippen LogP contribution in [0, 0.1) is 24.1 Å². The smallest absolute Gasteiger partial charge is 0.229 e. The molecule has 1 atom stereocenters. The summed E-state index contributed by atoms with van der Waals surface area (Å²) < 4.78 is 13.4. The first-order chi connectivity index (χ1) is 11.6. The van der Waals surface area contributed by atoms with Gasteiger partial charge in [-0.05, 0) is 68.5 Å². The second kappa shape index (κ2) is 5.93. The van der Waals surface area contributed by atoms with E-state index in [0.29, 0.717) is 10.7 Å². The molecule has 24 heavy (non-hydrogen) atoms. The molecular formula is C18H20FN3OS. The molecule has 4 rings (SSSR count). The molecule has 2 fully saturated rings. The largest absolute Gasteiger partial charge is 0.317 e. The van der Waals surface area contributed by atoms with Crippen LogP contribution in [-0.2, 0) is 4.79 Å². The van der Waals surface area contributed by atoms with E-state index in [1.807, 2.05) is 5.38 Å². The summed E-state index contributed by atoms with van der Waals surface area (Å²) in [5.74, 6) is -0.00314. The van der Waals surface area contributed by atoms with Crippen LogP contribution in [0.25, 0.3) is 11.3 Å². The van der Waals surface area contributed by atoms with Crippen LogP contribution in [0.1, 0.15) is 24.8 Å². The van der Waals surface area contributed by atoms with Gasteiger partial charge in [-0.3, -0.25) is 4.79 Å². The highest BCUT2D eigenvalue weighted by atomic mass is 32.1. The average Bonchev–Trinajstić information content (AvgIpc) is 3.06. The summed E-state index contributed by atoms with van der Waals surface area (Å²) in [6, 6.07) is 4.95. The summed E-state index contributed by atoms with van der Waals surface area (Å²) >= 11 is 1.41. The zero-order valence-electron chi connectivity index (χ0n) is 13.6.